The molecule has 3 bridgehead atoms. The zero-order chi connectivity index (χ0) is 24.7. The monoisotopic (exact) mass is 474 g/mol. The molecular formula is C26H42N4O4. The number of ether oxygens (including phenoxy) is 1. The molecule has 1 heterocycles. The van der Waals surface area contributed by atoms with Crippen LogP contribution in [0.25, 0.3) is 0 Å². The Balaban J connectivity index is 1.48. The highest BCUT2D eigenvalue weighted by Crippen LogP contribution is 2.64. The van der Waals surface area contributed by atoms with Crippen LogP contribution in [0.5, 0.6) is 5.88 Å². The SMILES string of the molecule is CC(=O)NC(C)(C)CCn1ncc(C(=O)N[C@@H]2C3CC4CC(CO)CC2(C4)C3)c1OCC(C)C. The van der Waals surface area contributed by atoms with Crippen LogP contribution in [0.2, 0.25) is 0 Å². The maximum absolute atomic E-state index is 13.5. The molecule has 2 amide bonds. The summed E-state index contributed by atoms with van der Waals surface area (Å²) in [6.07, 6.45) is 7.89. The summed E-state index contributed by atoms with van der Waals surface area (Å²) in [7, 11) is 0. The van der Waals surface area contributed by atoms with Gasteiger partial charge in [-0.25, -0.2) is 4.68 Å². The molecule has 8 nitrogen and oxygen atoms in total. The first-order chi connectivity index (χ1) is 16.0. The van der Waals surface area contributed by atoms with E-state index in [0.29, 0.717) is 54.7 Å². The molecule has 4 fully saturated rings. The van der Waals surface area contributed by atoms with Gasteiger partial charge in [0.1, 0.15) is 5.56 Å². The molecule has 1 aromatic rings. The van der Waals surface area contributed by atoms with Crippen molar-refractivity contribution in [2.75, 3.05) is 13.2 Å². The van der Waals surface area contributed by atoms with Gasteiger partial charge in [0.25, 0.3) is 5.91 Å². The number of carbonyl (C=O) groups is 2. The first-order valence-electron chi connectivity index (χ1n) is 12.9. The standard InChI is InChI=1S/C26H42N4O4/c1-16(2)15-34-24-21(13-27-30(24)7-6-25(4,5)29-17(3)32)23(33)28-22-20-9-18-8-19(14-31)11-26(22,10-18)12-20/h13,16,18-20,22,31H,6-12,14-15H2,1-5H3,(H,28,33)(H,29,32)/t18?,19?,20?,22-,26?/m1/s1. The maximum atomic E-state index is 13.5. The van der Waals surface area contributed by atoms with Gasteiger partial charge in [0.15, 0.2) is 0 Å². The highest BCUT2D eigenvalue weighted by molar-refractivity contribution is 5.96. The average Bonchev–Trinajstić information content (AvgIpc) is 3.15. The van der Waals surface area contributed by atoms with Crippen LogP contribution in [0.3, 0.4) is 0 Å². The number of aryl methyl sites for hydroxylation is 1. The van der Waals surface area contributed by atoms with Crippen molar-refractivity contribution < 1.29 is 19.4 Å². The number of hydrogen-bond acceptors (Lipinski definition) is 5. The molecule has 1 aromatic heterocycles. The molecule has 34 heavy (non-hydrogen) atoms. The highest BCUT2D eigenvalue weighted by atomic mass is 16.5. The van der Waals surface area contributed by atoms with Gasteiger partial charge in [0, 0.05) is 31.7 Å². The zero-order valence-electron chi connectivity index (χ0n) is 21.4. The quantitative estimate of drug-likeness (QED) is 0.483. The van der Waals surface area contributed by atoms with Gasteiger partial charge in [-0.3, -0.25) is 9.59 Å². The molecule has 4 aliphatic carbocycles. The zero-order valence-corrected chi connectivity index (χ0v) is 21.4. The third-order valence-electron chi connectivity index (χ3n) is 8.09. The summed E-state index contributed by atoms with van der Waals surface area (Å²) < 4.78 is 7.85. The van der Waals surface area contributed by atoms with Crippen molar-refractivity contribution >= 4 is 11.8 Å². The predicted octanol–water partition coefficient (Wildman–Crippen LogP) is 3.14. The number of aliphatic hydroxyl groups is 1. The van der Waals surface area contributed by atoms with Gasteiger partial charge in [-0.15, -0.1) is 0 Å². The first kappa shape index (κ1) is 25.0. The van der Waals surface area contributed by atoms with Crippen molar-refractivity contribution in [2.24, 2.45) is 29.1 Å². The molecule has 0 radical (unpaired) electrons. The lowest BCUT2D eigenvalue weighted by molar-refractivity contribution is -0.130. The van der Waals surface area contributed by atoms with E-state index in [9.17, 15) is 14.7 Å². The predicted molar refractivity (Wildman–Crippen MR) is 129 cm³/mol. The summed E-state index contributed by atoms with van der Waals surface area (Å²) in [5.74, 6) is 2.22. The summed E-state index contributed by atoms with van der Waals surface area (Å²) in [5, 5.41) is 20.6. The molecule has 5 rings (SSSR count). The highest BCUT2D eigenvalue weighted by Gasteiger charge is 2.61. The Morgan fingerprint density at radius 1 is 1.29 bits per heavy atom. The van der Waals surface area contributed by atoms with Crippen LogP contribution in [-0.2, 0) is 11.3 Å². The van der Waals surface area contributed by atoms with Gasteiger partial charge in [0.05, 0.1) is 12.8 Å². The summed E-state index contributed by atoms with van der Waals surface area (Å²) >= 11 is 0. The van der Waals surface area contributed by atoms with E-state index < -0.39 is 5.54 Å². The minimum atomic E-state index is -0.390. The summed E-state index contributed by atoms with van der Waals surface area (Å²) in [5.41, 5.74) is 0.232. The van der Waals surface area contributed by atoms with Crippen molar-refractivity contribution in [3.63, 3.8) is 0 Å². The van der Waals surface area contributed by atoms with Crippen LogP contribution in [0.4, 0.5) is 0 Å². The van der Waals surface area contributed by atoms with Gasteiger partial charge in [-0.1, -0.05) is 13.8 Å². The largest absolute Gasteiger partial charge is 0.477 e. The minimum absolute atomic E-state index is 0.0689. The Morgan fingerprint density at radius 3 is 2.74 bits per heavy atom. The van der Waals surface area contributed by atoms with E-state index in [0.717, 1.165) is 19.3 Å². The Kier molecular flexibility index (Phi) is 7.00. The van der Waals surface area contributed by atoms with E-state index in [1.165, 1.54) is 19.8 Å². The van der Waals surface area contributed by atoms with E-state index >= 15 is 0 Å². The van der Waals surface area contributed by atoms with E-state index in [4.69, 9.17) is 4.74 Å². The second kappa shape index (κ2) is 9.51. The van der Waals surface area contributed by atoms with E-state index in [2.05, 4.69) is 29.6 Å². The number of amides is 2. The number of nitrogens with zero attached hydrogens (tertiary/aromatic N) is 2. The number of aliphatic hydroxyl groups excluding tert-OH is 1. The topological polar surface area (TPSA) is 105 Å². The van der Waals surface area contributed by atoms with Crippen LogP contribution in [0.15, 0.2) is 6.20 Å². The van der Waals surface area contributed by atoms with Gasteiger partial charge in [-0.2, -0.15) is 5.10 Å². The molecule has 1 spiro atoms. The molecule has 4 aliphatic rings. The second-order valence-electron chi connectivity index (χ2n) is 12.2. The van der Waals surface area contributed by atoms with Crippen LogP contribution in [0, 0.1) is 29.1 Å². The maximum Gasteiger partial charge on any atom is 0.258 e. The minimum Gasteiger partial charge on any atom is -0.477 e. The van der Waals surface area contributed by atoms with Gasteiger partial charge in [-0.05, 0) is 81.5 Å². The summed E-state index contributed by atoms with van der Waals surface area (Å²) in [6.45, 7) is 10.9. The van der Waals surface area contributed by atoms with E-state index in [-0.39, 0.29) is 29.9 Å². The van der Waals surface area contributed by atoms with Crippen molar-refractivity contribution in [1.29, 1.82) is 0 Å². The van der Waals surface area contributed by atoms with Gasteiger partial charge in [0.2, 0.25) is 11.8 Å². The number of aromatic nitrogens is 2. The Morgan fingerprint density at radius 2 is 2.06 bits per heavy atom. The molecule has 4 unspecified atom stereocenters. The molecule has 0 saturated heterocycles. The van der Waals surface area contributed by atoms with Crippen LogP contribution < -0.4 is 15.4 Å². The Bertz CT molecular complexity index is 909. The Hall–Kier alpha value is -2.09. The normalized spacial score (nSPS) is 30.0. The van der Waals surface area contributed by atoms with E-state index in [1.807, 2.05) is 13.8 Å². The molecule has 4 saturated carbocycles. The molecule has 0 aromatic carbocycles. The molecule has 8 heteroatoms. The lowest BCUT2D eigenvalue weighted by atomic mass is 9.42. The average molecular weight is 475 g/mol. The number of rotatable bonds is 10. The van der Waals surface area contributed by atoms with Gasteiger partial charge < -0.3 is 20.5 Å². The number of nitrogens with one attached hydrogen (secondary N) is 2. The van der Waals surface area contributed by atoms with Crippen molar-refractivity contribution in [3.05, 3.63) is 11.8 Å². The number of hydrogen-bond donors (Lipinski definition) is 3. The second-order valence-corrected chi connectivity index (χ2v) is 12.2. The molecule has 190 valence electrons. The molecular weight excluding hydrogens is 432 g/mol. The third kappa shape index (κ3) is 5.11. The number of carbonyl (C=O) groups excluding carboxylic acids is 2. The fourth-order valence-electron chi connectivity index (χ4n) is 6.87. The third-order valence-corrected chi connectivity index (χ3v) is 8.09. The molecule has 0 aliphatic heterocycles. The first-order valence-corrected chi connectivity index (χ1v) is 12.9. The van der Waals surface area contributed by atoms with Crippen molar-refractivity contribution in [1.82, 2.24) is 20.4 Å². The van der Waals surface area contributed by atoms with Gasteiger partial charge >= 0.3 is 0 Å². The van der Waals surface area contributed by atoms with Crippen LogP contribution >= 0.6 is 0 Å². The van der Waals surface area contributed by atoms with Crippen molar-refractivity contribution in [3.8, 4) is 5.88 Å². The summed E-state index contributed by atoms with van der Waals surface area (Å²) in [6, 6.07) is 0.172. The fourth-order valence-corrected chi connectivity index (χ4v) is 6.87. The van der Waals surface area contributed by atoms with Crippen LogP contribution in [0.1, 0.15) is 83.5 Å². The van der Waals surface area contributed by atoms with E-state index in [1.54, 1.807) is 10.9 Å². The molecule has 3 N–H and O–H groups in total. The Labute approximate surface area is 203 Å². The van der Waals surface area contributed by atoms with Crippen LogP contribution in [-0.4, -0.2) is 51.5 Å². The lowest BCUT2D eigenvalue weighted by Crippen LogP contribution is -2.67. The van der Waals surface area contributed by atoms with Crippen molar-refractivity contribution in [2.45, 2.75) is 91.3 Å². The molecule has 5 atom stereocenters. The smallest absolute Gasteiger partial charge is 0.258 e. The fraction of sp³-hybridized carbons (Fsp3) is 0.808. The summed E-state index contributed by atoms with van der Waals surface area (Å²) in [4.78, 5) is 25.0. The lowest BCUT2D eigenvalue weighted by Gasteiger charge is -2.65.